The molecule has 0 aliphatic carbocycles. The first-order chi connectivity index (χ1) is 7.27. The second-order valence-electron chi connectivity index (χ2n) is 4.88. The highest BCUT2D eigenvalue weighted by Gasteiger charge is 2.20. The van der Waals surface area contributed by atoms with E-state index in [4.69, 9.17) is 0 Å². The highest BCUT2D eigenvalue weighted by molar-refractivity contribution is 4.76. The first kappa shape index (κ1) is 13.0. The lowest BCUT2D eigenvalue weighted by molar-refractivity contribution is 0.133. The summed E-state index contributed by atoms with van der Waals surface area (Å²) in [6.45, 7) is 11.8. The van der Waals surface area contributed by atoms with Gasteiger partial charge >= 0.3 is 0 Å². The standard InChI is InChI=1S/C13H28N2/c1-4-13-7-10-15(11-8-13)12(3)6-9-14-5-2/h12-14H,4-11H2,1-3H3. The van der Waals surface area contributed by atoms with Crippen LogP contribution in [0.3, 0.4) is 0 Å². The molecule has 1 rings (SSSR count). The summed E-state index contributed by atoms with van der Waals surface area (Å²) in [5.74, 6) is 1.00. The van der Waals surface area contributed by atoms with Crippen LogP contribution in [0, 0.1) is 5.92 Å². The number of likely N-dealkylation sites (tertiary alicyclic amines) is 1. The summed E-state index contributed by atoms with van der Waals surface area (Å²) < 4.78 is 0. The second-order valence-corrected chi connectivity index (χ2v) is 4.88. The zero-order valence-electron chi connectivity index (χ0n) is 10.8. The highest BCUT2D eigenvalue weighted by atomic mass is 15.2. The average Bonchev–Trinajstić information content (AvgIpc) is 2.29. The molecule has 1 N–H and O–H groups in total. The molecule has 0 aromatic carbocycles. The van der Waals surface area contributed by atoms with Crippen LogP contribution in [-0.2, 0) is 0 Å². The van der Waals surface area contributed by atoms with E-state index in [1.807, 2.05) is 0 Å². The molecule has 1 aliphatic rings. The third-order valence-corrected chi connectivity index (χ3v) is 3.84. The normalized spacial score (nSPS) is 21.8. The Balaban J connectivity index is 2.15. The van der Waals surface area contributed by atoms with Crippen LogP contribution in [0.15, 0.2) is 0 Å². The molecule has 0 spiro atoms. The number of nitrogens with one attached hydrogen (secondary N) is 1. The molecule has 0 bridgehead atoms. The van der Waals surface area contributed by atoms with Crippen LogP contribution in [0.4, 0.5) is 0 Å². The molecule has 2 heteroatoms. The molecule has 1 fully saturated rings. The van der Waals surface area contributed by atoms with Crippen molar-refractivity contribution in [2.24, 2.45) is 5.92 Å². The van der Waals surface area contributed by atoms with Crippen LogP contribution >= 0.6 is 0 Å². The minimum Gasteiger partial charge on any atom is -0.317 e. The van der Waals surface area contributed by atoms with Gasteiger partial charge in [-0.25, -0.2) is 0 Å². The van der Waals surface area contributed by atoms with Crippen molar-refractivity contribution < 1.29 is 0 Å². The number of rotatable bonds is 6. The molecular formula is C13H28N2. The lowest BCUT2D eigenvalue weighted by Crippen LogP contribution is -2.41. The van der Waals surface area contributed by atoms with Crippen molar-refractivity contribution in [3.8, 4) is 0 Å². The topological polar surface area (TPSA) is 15.3 Å². The maximum Gasteiger partial charge on any atom is 0.00790 e. The molecular weight excluding hydrogens is 184 g/mol. The Kier molecular flexibility index (Phi) is 6.26. The maximum atomic E-state index is 3.41. The Bertz CT molecular complexity index is 151. The Hall–Kier alpha value is -0.0800. The Morgan fingerprint density at radius 2 is 1.93 bits per heavy atom. The van der Waals surface area contributed by atoms with Gasteiger partial charge in [-0.05, 0) is 58.3 Å². The van der Waals surface area contributed by atoms with Crippen molar-refractivity contribution in [2.75, 3.05) is 26.2 Å². The monoisotopic (exact) mass is 212 g/mol. The van der Waals surface area contributed by atoms with Crippen molar-refractivity contribution in [1.29, 1.82) is 0 Å². The van der Waals surface area contributed by atoms with Gasteiger partial charge in [-0.1, -0.05) is 20.3 Å². The molecule has 1 unspecified atom stereocenters. The van der Waals surface area contributed by atoms with E-state index in [-0.39, 0.29) is 0 Å². The number of piperidine rings is 1. The minimum atomic E-state index is 0.766. The molecule has 2 nitrogen and oxygen atoms in total. The summed E-state index contributed by atoms with van der Waals surface area (Å²) in [5, 5.41) is 3.41. The van der Waals surface area contributed by atoms with E-state index < -0.39 is 0 Å². The number of hydrogen-bond acceptors (Lipinski definition) is 2. The quantitative estimate of drug-likeness (QED) is 0.681. The summed E-state index contributed by atoms with van der Waals surface area (Å²) in [6, 6.07) is 0.766. The van der Waals surface area contributed by atoms with Gasteiger partial charge in [0.05, 0.1) is 0 Å². The lowest BCUT2D eigenvalue weighted by Gasteiger charge is -2.35. The van der Waals surface area contributed by atoms with Gasteiger partial charge in [0.25, 0.3) is 0 Å². The smallest absolute Gasteiger partial charge is 0.00790 e. The van der Waals surface area contributed by atoms with Gasteiger partial charge < -0.3 is 10.2 Å². The summed E-state index contributed by atoms with van der Waals surface area (Å²) in [4.78, 5) is 2.67. The van der Waals surface area contributed by atoms with Crippen LogP contribution in [-0.4, -0.2) is 37.1 Å². The summed E-state index contributed by atoms with van der Waals surface area (Å²) in [6.07, 6.45) is 5.51. The highest BCUT2D eigenvalue weighted by Crippen LogP contribution is 2.21. The zero-order valence-corrected chi connectivity index (χ0v) is 10.8. The van der Waals surface area contributed by atoms with E-state index in [0.717, 1.165) is 18.5 Å². The van der Waals surface area contributed by atoms with E-state index >= 15 is 0 Å². The number of hydrogen-bond donors (Lipinski definition) is 1. The van der Waals surface area contributed by atoms with Crippen LogP contribution < -0.4 is 5.32 Å². The van der Waals surface area contributed by atoms with Crippen LogP contribution in [0.5, 0.6) is 0 Å². The molecule has 1 atom stereocenters. The minimum absolute atomic E-state index is 0.766. The van der Waals surface area contributed by atoms with E-state index in [9.17, 15) is 0 Å². The van der Waals surface area contributed by atoms with Crippen LogP contribution in [0.2, 0.25) is 0 Å². The van der Waals surface area contributed by atoms with Crippen molar-refractivity contribution >= 4 is 0 Å². The van der Waals surface area contributed by atoms with Gasteiger partial charge in [0, 0.05) is 6.04 Å². The van der Waals surface area contributed by atoms with Gasteiger partial charge in [0.1, 0.15) is 0 Å². The van der Waals surface area contributed by atoms with E-state index in [2.05, 4.69) is 31.0 Å². The number of nitrogens with zero attached hydrogens (tertiary/aromatic N) is 1. The van der Waals surface area contributed by atoms with Crippen molar-refractivity contribution in [3.05, 3.63) is 0 Å². The third-order valence-electron chi connectivity index (χ3n) is 3.84. The van der Waals surface area contributed by atoms with E-state index in [1.165, 1.54) is 45.3 Å². The fourth-order valence-corrected chi connectivity index (χ4v) is 2.47. The van der Waals surface area contributed by atoms with E-state index in [1.54, 1.807) is 0 Å². The van der Waals surface area contributed by atoms with Gasteiger partial charge in [-0.3, -0.25) is 0 Å². The molecule has 1 heterocycles. The summed E-state index contributed by atoms with van der Waals surface area (Å²) in [7, 11) is 0. The maximum absolute atomic E-state index is 3.41. The van der Waals surface area contributed by atoms with Crippen LogP contribution in [0.1, 0.15) is 46.5 Å². The van der Waals surface area contributed by atoms with Crippen molar-refractivity contribution in [2.45, 2.75) is 52.5 Å². The average molecular weight is 212 g/mol. The summed E-state index contributed by atoms with van der Waals surface area (Å²) >= 11 is 0. The molecule has 0 aromatic rings. The Labute approximate surface area is 95.4 Å². The van der Waals surface area contributed by atoms with Gasteiger partial charge in [-0.2, -0.15) is 0 Å². The fraction of sp³-hybridized carbons (Fsp3) is 1.00. The van der Waals surface area contributed by atoms with Crippen LogP contribution in [0.25, 0.3) is 0 Å². The second kappa shape index (κ2) is 7.24. The third kappa shape index (κ3) is 4.52. The van der Waals surface area contributed by atoms with Gasteiger partial charge in [-0.15, -0.1) is 0 Å². The molecule has 1 saturated heterocycles. The lowest BCUT2D eigenvalue weighted by atomic mass is 9.93. The Morgan fingerprint density at radius 3 is 2.47 bits per heavy atom. The van der Waals surface area contributed by atoms with Gasteiger partial charge in [0.15, 0.2) is 0 Å². The zero-order chi connectivity index (χ0) is 11.1. The largest absolute Gasteiger partial charge is 0.317 e. The SMILES string of the molecule is CCNCCC(C)N1CCC(CC)CC1. The molecule has 0 amide bonds. The molecule has 1 aliphatic heterocycles. The molecule has 0 saturated carbocycles. The predicted octanol–water partition coefficient (Wildman–Crippen LogP) is 2.50. The van der Waals surface area contributed by atoms with Gasteiger partial charge in [0.2, 0.25) is 0 Å². The van der Waals surface area contributed by atoms with Crippen molar-refractivity contribution in [3.63, 3.8) is 0 Å². The summed E-state index contributed by atoms with van der Waals surface area (Å²) in [5.41, 5.74) is 0. The Morgan fingerprint density at radius 1 is 1.27 bits per heavy atom. The van der Waals surface area contributed by atoms with E-state index in [0.29, 0.717) is 0 Å². The first-order valence-corrected chi connectivity index (χ1v) is 6.72. The predicted molar refractivity (Wildman–Crippen MR) is 67.2 cm³/mol. The molecule has 15 heavy (non-hydrogen) atoms. The van der Waals surface area contributed by atoms with Crippen molar-refractivity contribution in [1.82, 2.24) is 10.2 Å². The molecule has 0 aromatic heterocycles. The molecule has 0 radical (unpaired) electrons. The first-order valence-electron chi connectivity index (χ1n) is 6.72. The fourth-order valence-electron chi connectivity index (χ4n) is 2.47. The molecule has 90 valence electrons.